The summed E-state index contributed by atoms with van der Waals surface area (Å²) in [7, 11) is 1.67. The van der Waals surface area contributed by atoms with Crippen LogP contribution in [-0.4, -0.2) is 71.5 Å². The Morgan fingerprint density at radius 2 is 2.45 bits per heavy atom. The summed E-state index contributed by atoms with van der Waals surface area (Å²) >= 11 is 0. The molecule has 0 unspecified atom stereocenters. The smallest absolute Gasteiger partial charge is 0.318 e. The second-order valence-corrected chi connectivity index (χ2v) is 5.42. The minimum atomic E-state index is 0.0421. The molecule has 2 saturated heterocycles. The van der Waals surface area contributed by atoms with Crippen LogP contribution in [0.4, 0.5) is 4.79 Å². The Balaban J connectivity index is 1.58. The van der Waals surface area contributed by atoms with Gasteiger partial charge < -0.3 is 15.0 Å². The first-order chi connectivity index (χ1) is 9.78. The number of aromatic amines is 1. The first-order valence-corrected chi connectivity index (χ1v) is 7.04. The number of aromatic nitrogens is 2. The van der Waals surface area contributed by atoms with Crippen LogP contribution in [0.25, 0.3) is 0 Å². The van der Waals surface area contributed by atoms with Crippen LogP contribution < -0.4 is 5.32 Å². The van der Waals surface area contributed by atoms with Crippen molar-refractivity contribution in [2.24, 2.45) is 0 Å². The number of carbonyl (C=O) groups is 1. The summed E-state index contributed by atoms with van der Waals surface area (Å²) in [6.07, 6.45) is 2.77. The lowest BCUT2D eigenvalue weighted by molar-refractivity contribution is 0.110. The number of rotatable bonds is 5. The topological polar surface area (TPSA) is 73.5 Å². The number of H-pyrrole nitrogens is 1. The predicted octanol–water partition coefficient (Wildman–Crippen LogP) is 0.0242. The summed E-state index contributed by atoms with van der Waals surface area (Å²) < 4.78 is 5.08. The standard InChI is InChI=1S/C13H21N5O2/c1-20-7-6-18-12-3-5-17(8-10-2-4-14-16-10)9-11(12)15-13(18)19/h2,4,11-12H,3,5-9H2,1H3,(H,14,16)(H,15,19)/t11-,12+/m0/s1. The number of piperidine rings is 1. The molecule has 2 atom stereocenters. The van der Waals surface area contributed by atoms with Crippen LogP contribution in [0.15, 0.2) is 12.3 Å². The summed E-state index contributed by atoms with van der Waals surface area (Å²) in [6, 6.07) is 2.55. The van der Waals surface area contributed by atoms with Crippen LogP contribution in [0, 0.1) is 0 Å². The number of nitrogens with one attached hydrogen (secondary N) is 2. The lowest BCUT2D eigenvalue weighted by atomic mass is 10.00. The van der Waals surface area contributed by atoms with Crippen molar-refractivity contribution in [2.45, 2.75) is 25.0 Å². The van der Waals surface area contributed by atoms with E-state index >= 15 is 0 Å². The number of urea groups is 1. The molecule has 3 rings (SSSR count). The molecule has 1 aromatic rings. The minimum absolute atomic E-state index is 0.0421. The van der Waals surface area contributed by atoms with Crippen molar-refractivity contribution >= 4 is 6.03 Å². The zero-order valence-corrected chi connectivity index (χ0v) is 11.7. The van der Waals surface area contributed by atoms with Crippen molar-refractivity contribution in [1.82, 2.24) is 25.3 Å². The van der Waals surface area contributed by atoms with Gasteiger partial charge in [0.25, 0.3) is 0 Å². The molecule has 0 radical (unpaired) electrons. The van der Waals surface area contributed by atoms with Crippen molar-refractivity contribution < 1.29 is 9.53 Å². The van der Waals surface area contributed by atoms with Gasteiger partial charge in [-0.05, 0) is 12.5 Å². The minimum Gasteiger partial charge on any atom is -0.383 e. The Morgan fingerprint density at radius 1 is 1.55 bits per heavy atom. The number of carbonyl (C=O) groups excluding carboxylic acids is 1. The number of likely N-dealkylation sites (tertiary alicyclic amines) is 1. The number of hydrogen-bond donors (Lipinski definition) is 2. The molecule has 1 aromatic heterocycles. The normalized spacial score (nSPS) is 26.6. The zero-order chi connectivity index (χ0) is 13.9. The molecule has 2 aliphatic rings. The van der Waals surface area contributed by atoms with Crippen molar-refractivity contribution in [3.63, 3.8) is 0 Å². The molecule has 110 valence electrons. The number of nitrogens with zero attached hydrogens (tertiary/aromatic N) is 3. The molecule has 0 bridgehead atoms. The number of hydrogen-bond acceptors (Lipinski definition) is 4. The summed E-state index contributed by atoms with van der Waals surface area (Å²) in [6.45, 7) is 4.01. The van der Waals surface area contributed by atoms with E-state index in [-0.39, 0.29) is 12.1 Å². The average molecular weight is 279 g/mol. The van der Waals surface area contributed by atoms with Crippen LogP contribution >= 0.6 is 0 Å². The van der Waals surface area contributed by atoms with Crippen LogP contribution in [-0.2, 0) is 11.3 Å². The fourth-order valence-corrected chi connectivity index (χ4v) is 3.13. The van der Waals surface area contributed by atoms with E-state index in [1.54, 1.807) is 13.3 Å². The highest BCUT2D eigenvalue weighted by Crippen LogP contribution is 2.23. The molecule has 2 amide bonds. The molecule has 0 spiro atoms. The van der Waals surface area contributed by atoms with Crippen molar-refractivity contribution in [1.29, 1.82) is 0 Å². The highest BCUT2D eigenvalue weighted by molar-refractivity contribution is 5.77. The zero-order valence-electron chi connectivity index (χ0n) is 11.7. The van der Waals surface area contributed by atoms with Gasteiger partial charge in [0.1, 0.15) is 0 Å². The van der Waals surface area contributed by atoms with Gasteiger partial charge >= 0.3 is 6.03 Å². The van der Waals surface area contributed by atoms with Gasteiger partial charge in [0.15, 0.2) is 0 Å². The summed E-state index contributed by atoms with van der Waals surface area (Å²) in [5.41, 5.74) is 1.11. The highest BCUT2D eigenvalue weighted by atomic mass is 16.5. The fourth-order valence-electron chi connectivity index (χ4n) is 3.13. The summed E-state index contributed by atoms with van der Waals surface area (Å²) in [5, 5.41) is 10.0. The van der Waals surface area contributed by atoms with Gasteiger partial charge in [0.05, 0.1) is 18.7 Å². The number of ether oxygens (including phenoxy) is 1. The first kappa shape index (κ1) is 13.4. The van der Waals surface area contributed by atoms with Crippen LogP contribution in [0.1, 0.15) is 12.1 Å². The molecule has 2 aliphatic heterocycles. The van der Waals surface area contributed by atoms with Crippen LogP contribution in [0.2, 0.25) is 0 Å². The van der Waals surface area contributed by atoms with Gasteiger partial charge in [0, 0.05) is 45.2 Å². The molecule has 2 N–H and O–H groups in total. The second-order valence-electron chi connectivity index (χ2n) is 5.42. The quantitative estimate of drug-likeness (QED) is 0.797. The van der Waals surface area contributed by atoms with E-state index in [1.807, 2.05) is 11.0 Å². The van der Waals surface area contributed by atoms with Crippen LogP contribution in [0.3, 0.4) is 0 Å². The van der Waals surface area contributed by atoms with E-state index in [1.165, 1.54) is 0 Å². The Kier molecular flexibility index (Phi) is 3.88. The number of methoxy groups -OCH3 is 1. The van der Waals surface area contributed by atoms with Gasteiger partial charge in [0.2, 0.25) is 0 Å². The third-order valence-corrected chi connectivity index (χ3v) is 4.12. The molecular formula is C13H21N5O2. The van der Waals surface area contributed by atoms with Gasteiger partial charge in [-0.3, -0.25) is 10.00 Å². The lowest BCUT2D eigenvalue weighted by Gasteiger charge is -2.36. The van der Waals surface area contributed by atoms with Crippen molar-refractivity contribution in [3.05, 3.63) is 18.0 Å². The predicted molar refractivity (Wildman–Crippen MR) is 73.2 cm³/mol. The summed E-state index contributed by atoms with van der Waals surface area (Å²) in [5.74, 6) is 0. The lowest BCUT2D eigenvalue weighted by Crippen LogP contribution is -2.51. The Bertz CT molecular complexity index is 450. The van der Waals surface area contributed by atoms with Gasteiger partial charge in [-0.15, -0.1) is 0 Å². The van der Waals surface area contributed by atoms with Gasteiger partial charge in [-0.25, -0.2) is 4.79 Å². The highest BCUT2D eigenvalue weighted by Gasteiger charge is 2.42. The second kappa shape index (κ2) is 5.80. The molecule has 7 nitrogen and oxygen atoms in total. The third kappa shape index (κ3) is 2.64. The van der Waals surface area contributed by atoms with E-state index < -0.39 is 0 Å². The fraction of sp³-hybridized carbons (Fsp3) is 0.692. The van der Waals surface area contributed by atoms with E-state index in [2.05, 4.69) is 20.4 Å². The Morgan fingerprint density at radius 3 is 3.20 bits per heavy atom. The number of fused-ring (bicyclic) bond motifs is 1. The van der Waals surface area contributed by atoms with Crippen molar-refractivity contribution in [2.75, 3.05) is 33.4 Å². The largest absolute Gasteiger partial charge is 0.383 e. The monoisotopic (exact) mass is 279 g/mol. The SMILES string of the molecule is COCCN1C(=O)N[C@H]2CN(Cc3ccn[nH]3)CC[C@H]21. The van der Waals surface area contributed by atoms with Gasteiger partial charge in [-0.1, -0.05) is 0 Å². The maximum atomic E-state index is 12.0. The molecular weight excluding hydrogens is 258 g/mol. The number of amides is 2. The first-order valence-electron chi connectivity index (χ1n) is 7.04. The van der Waals surface area contributed by atoms with Crippen LogP contribution in [0.5, 0.6) is 0 Å². The van der Waals surface area contributed by atoms with E-state index in [0.29, 0.717) is 19.2 Å². The maximum Gasteiger partial charge on any atom is 0.318 e. The molecule has 0 saturated carbocycles. The summed E-state index contributed by atoms with van der Waals surface area (Å²) in [4.78, 5) is 16.3. The molecule has 2 fully saturated rings. The molecule has 7 heteroatoms. The average Bonchev–Trinajstić information content (AvgIpc) is 3.03. The van der Waals surface area contributed by atoms with Gasteiger partial charge in [-0.2, -0.15) is 5.10 Å². The Labute approximate surface area is 118 Å². The van der Waals surface area contributed by atoms with E-state index in [0.717, 1.165) is 31.7 Å². The van der Waals surface area contributed by atoms with E-state index in [9.17, 15) is 4.79 Å². The van der Waals surface area contributed by atoms with E-state index in [4.69, 9.17) is 4.74 Å². The molecule has 20 heavy (non-hydrogen) atoms. The third-order valence-electron chi connectivity index (χ3n) is 4.12. The Hall–Kier alpha value is -1.60. The molecule has 3 heterocycles. The molecule has 0 aliphatic carbocycles. The molecule has 0 aromatic carbocycles. The van der Waals surface area contributed by atoms with Crippen molar-refractivity contribution in [3.8, 4) is 0 Å². The maximum absolute atomic E-state index is 12.0.